The van der Waals surface area contributed by atoms with Crippen molar-refractivity contribution in [1.82, 2.24) is 4.98 Å². The van der Waals surface area contributed by atoms with Gasteiger partial charge in [-0.3, -0.25) is 4.79 Å². The number of carbonyl (C=O) groups is 1. The van der Waals surface area contributed by atoms with Gasteiger partial charge in [-0.25, -0.2) is 18.8 Å². The number of aliphatic imine (C=N–C) groups is 1. The van der Waals surface area contributed by atoms with Gasteiger partial charge in [0.2, 0.25) is 0 Å². The Morgan fingerprint density at radius 2 is 1.78 bits per heavy atom. The first-order valence-corrected chi connectivity index (χ1v) is 8.08. The van der Waals surface area contributed by atoms with Crippen LogP contribution >= 0.6 is 0 Å². The average Bonchev–Trinajstić information content (AvgIpc) is 2.65. The summed E-state index contributed by atoms with van der Waals surface area (Å²) in [7, 11) is 0. The number of hydrogen-bond acceptors (Lipinski definition) is 4. The van der Waals surface area contributed by atoms with E-state index < -0.39 is 23.2 Å². The third-order valence-corrected chi connectivity index (χ3v) is 3.86. The lowest BCUT2D eigenvalue weighted by Crippen LogP contribution is -2.21. The molecule has 1 heterocycles. The number of nitrogens with one attached hydrogen (secondary N) is 1. The molecule has 5 nitrogen and oxygen atoms in total. The van der Waals surface area contributed by atoms with Crippen molar-refractivity contribution in [3.8, 4) is 0 Å². The van der Waals surface area contributed by atoms with E-state index in [0.29, 0.717) is 11.3 Å². The second-order valence-electron chi connectivity index (χ2n) is 5.69. The topological polar surface area (TPSA) is 80.4 Å². The number of carbonyl (C=O) groups excluding carboxylic acids is 1. The van der Waals surface area contributed by atoms with E-state index in [9.17, 15) is 13.6 Å². The van der Waals surface area contributed by atoms with Crippen molar-refractivity contribution < 1.29 is 13.6 Å². The maximum atomic E-state index is 13.8. The van der Waals surface area contributed by atoms with Gasteiger partial charge in [-0.05, 0) is 37.3 Å². The van der Waals surface area contributed by atoms with Crippen LogP contribution in [0.15, 0.2) is 71.4 Å². The van der Waals surface area contributed by atoms with Crippen LogP contribution in [0.2, 0.25) is 0 Å². The van der Waals surface area contributed by atoms with Crippen molar-refractivity contribution in [3.63, 3.8) is 0 Å². The Bertz CT molecular complexity index is 1060. The van der Waals surface area contributed by atoms with Crippen LogP contribution in [0.5, 0.6) is 0 Å². The quantitative estimate of drug-likeness (QED) is 0.539. The number of pyridine rings is 1. The van der Waals surface area contributed by atoms with Gasteiger partial charge < -0.3 is 11.1 Å². The molecule has 0 spiro atoms. The van der Waals surface area contributed by atoms with Crippen LogP contribution in [-0.2, 0) is 4.79 Å². The molecule has 0 unspecified atom stereocenters. The van der Waals surface area contributed by atoms with E-state index in [1.54, 1.807) is 6.07 Å². The van der Waals surface area contributed by atoms with Gasteiger partial charge in [-0.15, -0.1) is 0 Å². The first kappa shape index (κ1) is 18.2. The van der Waals surface area contributed by atoms with Crippen LogP contribution in [0.1, 0.15) is 6.92 Å². The summed E-state index contributed by atoms with van der Waals surface area (Å²) in [6.45, 7) is 1.44. The summed E-state index contributed by atoms with van der Waals surface area (Å²) in [6.07, 6.45) is 1.04. The van der Waals surface area contributed by atoms with Gasteiger partial charge in [-0.1, -0.05) is 24.3 Å². The Hall–Kier alpha value is -3.61. The SMILES string of the molecule is CC(=Nc1c(F)cccc1F)/C(=C\N)C(=O)Nc1ccc2ccccc2n1. The van der Waals surface area contributed by atoms with Gasteiger partial charge in [0.15, 0.2) is 11.6 Å². The van der Waals surface area contributed by atoms with E-state index in [1.165, 1.54) is 13.0 Å². The van der Waals surface area contributed by atoms with E-state index in [1.807, 2.05) is 30.3 Å². The van der Waals surface area contributed by atoms with Crippen LogP contribution in [-0.4, -0.2) is 16.6 Å². The molecule has 1 amide bonds. The van der Waals surface area contributed by atoms with Crippen molar-refractivity contribution in [2.24, 2.45) is 10.7 Å². The Labute approximate surface area is 154 Å². The maximum absolute atomic E-state index is 13.8. The van der Waals surface area contributed by atoms with Crippen LogP contribution in [0.25, 0.3) is 10.9 Å². The zero-order valence-electron chi connectivity index (χ0n) is 14.4. The van der Waals surface area contributed by atoms with E-state index in [2.05, 4.69) is 15.3 Å². The zero-order valence-corrected chi connectivity index (χ0v) is 14.4. The van der Waals surface area contributed by atoms with Crippen molar-refractivity contribution in [2.45, 2.75) is 6.92 Å². The lowest BCUT2D eigenvalue weighted by atomic mass is 10.1. The highest BCUT2D eigenvalue weighted by Crippen LogP contribution is 2.23. The Kier molecular flexibility index (Phi) is 5.21. The first-order valence-electron chi connectivity index (χ1n) is 8.08. The minimum Gasteiger partial charge on any atom is -0.404 e. The molecular formula is C20H16F2N4O. The molecule has 0 aliphatic heterocycles. The molecule has 3 N–H and O–H groups in total. The molecule has 3 aromatic rings. The summed E-state index contributed by atoms with van der Waals surface area (Å²) in [6, 6.07) is 14.3. The number of nitrogens with zero attached hydrogens (tertiary/aromatic N) is 2. The molecule has 0 saturated heterocycles. The first-order chi connectivity index (χ1) is 13.0. The summed E-state index contributed by atoms with van der Waals surface area (Å²) in [5.74, 6) is -1.93. The van der Waals surface area contributed by atoms with Crippen molar-refractivity contribution >= 4 is 34.0 Å². The molecule has 3 rings (SSSR count). The fraction of sp³-hybridized carbons (Fsp3) is 0.0500. The smallest absolute Gasteiger partial charge is 0.260 e. The molecule has 1 aromatic heterocycles. The maximum Gasteiger partial charge on any atom is 0.260 e. The van der Waals surface area contributed by atoms with Crippen LogP contribution in [0.3, 0.4) is 0 Å². The molecule has 0 saturated carbocycles. The Balaban J connectivity index is 1.86. The Morgan fingerprint density at radius 3 is 2.48 bits per heavy atom. The number of amides is 1. The molecule has 136 valence electrons. The average molecular weight is 366 g/mol. The second kappa shape index (κ2) is 7.74. The fourth-order valence-corrected chi connectivity index (χ4v) is 2.50. The summed E-state index contributed by atoms with van der Waals surface area (Å²) in [5, 5.41) is 3.54. The third kappa shape index (κ3) is 3.98. The van der Waals surface area contributed by atoms with Crippen LogP contribution < -0.4 is 11.1 Å². The zero-order chi connectivity index (χ0) is 19.4. The number of rotatable bonds is 4. The number of fused-ring (bicyclic) bond motifs is 1. The summed E-state index contributed by atoms with van der Waals surface area (Å²) < 4.78 is 27.5. The predicted molar refractivity (Wildman–Crippen MR) is 102 cm³/mol. The largest absolute Gasteiger partial charge is 0.404 e. The lowest BCUT2D eigenvalue weighted by molar-refractivity contribution is -0.112. The number of halogens is 2. The van der Waals surface area contributed by atoms with Crippen LogP contribution in [0, 0.1) is 11.6 Å². The van der Waals surface area contributed by atoms with Gasteiger partial charge in [0.25, 0.3) is 5.91 Å². The molecule has 0 atom stereocenters. The highest BCUT2D eigenvalue weighted by Gasteiger charge is 2.15. The molecule has 7 heteroatoms. The molecular weight excluding hydrogens is 350 g/mol. The molecule has 0 aliphatic carbocycles. The second-order valence-corrected chi connectivity index (χ2v) is 5.69. The summed E-state index contributed by atoms with van der Waals surface area (Å²) in [5.41, 5.74) is 5.82. The Morgan fingerprint density at radius 1 is 1.07 bits per heavy atom. The van der Waals surface area contributed by atoms with Gasteiger partial charge in [0.05, 0.1) is 16.8 Å². The van der Waals surface area contributed by atoms with E-state index in [4.69, 9.17) is 5.73 Å². The highest BCUT2D eigenvalue weighted by molar-refractivity contribution is 6.24. The monoisotopic (exact) mass is 366 g/mol. The minimum atomic E-state index is -0.831. The molecule has 27 heavy (non-hydrogen) atoms. The number of aromatic nitrogens is 1. The minimum absolute atomic E-state index is 0.0207. The number of benzene rings is 2. The molecule has 0 bridgehead atoms. The third-order valence-electron chi connectivity index (χ3n) is 3.86. The predicted octanol–water partition coefficient (Wildman–Crippen LogP) is 4.09. The standard InChI is InChI=1S/C20H16F2N4O/c1-12(24-19-15(21)6-4-7-16(19)22)14(11-23)20(27)26-18-10-9-13-5-2-3-8-17(13)25-18/h2-11H,23H2,1H3,(H,25,26,27)/b14-11+,24-12?. The van der Waals surface area contributed by atoms with Gasteiger partial charge in [0.1, 0.15) is 11.5 Å². The summed E-state index contributed by atoms with van der Waals surface area (Å²) in [4.78, 5) is 20.7. The van der Waals surface area contributed by atoms with E-state index in [0.717, 1.165) is 23.7 Å². The fourth-order valence-electron chi connectivity index (χ4n) is 2.50. The number of anilines is 1. The number of nitrogens with two attached hydrogens (primary N) is 1. The van der Waals surface area contributed by atoms with Gasteiger partial charge in [0, 0.05) is 11.6 Å². The highest BCUT2D eigenvalue weighted by atomic mass is 19.1. The lowest BCUT2D eigenvalue weighted by Gasteiger charge is -2.09. The van der Waals surface area contributed by atoms with Gasteiger partial charge in [-0.2, -0.15) is 0 Å². The number of hydrogen-bond donors (Lipinski definition) is 2. The van der Waals surface area contributed by atoms with E-state index in [-0.39, 0.29) is 11.3 Å². The van der Waals surface area contributed by atoms with E-state index >= 15 is 0 Å². The number of para-hydroxylation sites is 2. The normalized spacial score (nSPS) is 12.3. The molecule has 0 fully saturated rings. The molecule has 0 aliphatic rings. The van der Waals surface area contributed by atoms with Gasteiger partial charge >= 0.3 is 0 Å². The molecule has 2 aromatic carbocycles. The van der Waals surface area contributed by atoms with Crippen molar-refractivity contribution in [2.75, 3.05) is 5.32 Å². The molecule has 0 radical (unpaired) electrons. The van der Waals surface area contributed by atoms with Crippen molar-refractivity contribution in [1.29, 1.82) is 0 Å². The van der Waals surface area contributed by atoms with Crippen LogP contribution in [0.4, 0.5) is 20.3 Å². The summed E-state index contributed by atoms with van der Waals surface area (Å²) >= 11 is 0. The van der Waals surface area contributed by atoms with Crippen molar-refractivity contribution in [3.05, 3.63) is 78.0 Å².